The maximum Gasteiger partial charge on any atom is 0.251 e. The van der Waals surface area contributed by atoms with Crippen LogP contribution in [0.2, 0.25) is 0 Å². The summed E-state index contributed by atoms with van der Waals surface area (Å²) in [7, 11) is 1.59. The van der Waals surface area contributed by atoms with Crippen molar-refractivity contribution in [3.8, 4) is 5.75 Å². The van der Waals surface area contributed by atoms with Crippen molar-refractivity contribution in [2.75, 3.05) is 36.6 Å². The Bertz CT molecular complexity index is 1380. The zero-order chi connectivity index (χ0) is 31.6. The van der Waals surface area contributed by atoms with Crippen LogP contribution in [0.3, 0.4) is 0 Å². The molecule has 3 fully saturated rings. The molecular weight excluding hydrogens is 574 g/mol. The number of aliphatic hydroxyl groups excluding tert-OH is 1. The maximum atomic E-state index is 14.9. The molecule has 44 heavy (non-hydrogen) atoms. The normalized spacial score (nSPS) is 26.5. The van der Waals surface area contributed by atoms with Crippen LogP contribution >= 0.6 is 11.8 Å². The molecule has 234 valence electrons. The average molecular weight is 618 g/mol. The largest absolute Gasteiger partial charge is 0.497 e. The summed E-state index contributed by atoms with van der Waals surface area (Å²) >= 11 is 1.63. The summed E-state index contributed by atoms with van der Waals surface area (Å²) in [6, 6.07) is 15.3. The van der Waals surface area contributed by atoms with E-state index in [9.17, 15) is 19.5 Å². The quantitative estimate of drug-likeness (QED) is 0.321. The van der Waals surface area contributed by atoms with Gasteiger partial charge in [0.05, 0.1) is 36.3 Å². The van der Waals surface area contributed by atoms with E-state index in [1.165, 1.54) is 0 Å². The van der Waals surface area contributed by atoms with E-state index in [4.69, 9.17) is 4.74 Å². The third-order valence-electron chi connectivity index (χ3n) is 9.71. The van der Waals surface area contributed by atoms with Crippen molar-refractivity contribution in [1.29, 1.82) is 0 Å². The van der Waals surface area contributed by atoms with E-state index in [2.05, 4.69) is 13.2 Å². The SMILES string of the molecule is C=CCN(C(=O)C1N([C@@H](CO)[C@@H](C)CC)C(=O)[C@@H]2[C@H](C(=O)N(CC=C)c3ccccc3)[C@@H]3CCC12S3)c1ccc(OC)cc1. The number of benzene rings is 2. The highest BCUT2D eigenvalue weighted by molar-refractivity contribution is 8.02. The number of carbonyl (C=O) groups excluding carboxylic acids is 3. The number of amides is 3. The fourth-order valence-corrected chi connectivity index (χ4v) is 9.62. The van der Waals surface area contributed by atoms with Gasteiger partial charge in [-0.05, 0) is 55.2 Å². The van der Waals surface area contributed by atoms with E-state index >= 15 is 0 Å². The van der Waals surface area contributed by atoms with Crippen LogP contribution in [-0.4, -0.2) is 76.6 Å². The van der Waals surface area contributed by atoms with Crippen molar-refractivity contribution in [2.45, 2.75) is 55.2 Å². The lowest BCUT2D eigenvalue weighted by molar-refractivity contribution is -0.143. The number of aliphatic hydroxyl groups is 1. The standard InChI is InChI=1S/C35H43N3O5S/c1-6-20-36(24-12-10-9-11-13-24)32(40)29-28-18-19-35(44-28)30(29)33(41)38(27(22-39)23(4)8-3)31(35)34(42)37(21-7-2)25-14-16-26(43-5)17-15-25/h6-7,9-17,23,27-31,39H,1-2,8,18-22H2,3-5H3/t23-,27-,28-,29+,30-,31?,35?/m0/s1. The van der Waals surface area contributed by atoms with Gasteiger partial charge in [-0.3, -0.25) is 14.4 Å². The molecule has 0 aliphatic carbocycles. The highest BCUT2D eigenvalue weighted by atomic mass is 32.2. The first-order valence-electron chi connectivity index (χ1n) is 15.4. The predicted molar refractivity (Wildman–Crippen MR) is 176 cm³/mol. The Morgan fingerprint density at radius 1 is 1.07 bits per heavy atom. The topological polar surface area (TPSA) is 90.4 Å². The minimum absolute atomic E-state index is 0.0544. The van der Waals surface area contributed by atoms with Gasteiger partial charge in [-0.25, -0.2) is 0 Å². The number of hydrogen-bond acceptors (Lipinski definition) is 6. The number of likely N-dealkylation sites (tertiary alicyclic amines) is 1. The molecule has 0 saturated carbocycles. The van der Waals surface area contributed by atoms with Crippen LogP contribution in [0, 0.1) is 17.8 Å². The summed E-state index contributed by atoms with van der Waals surface area (Å²) in [6.45, 7) is 12.1. The molecule has 0 radical (unpaired) electrons. The molecule has 1 spiro atoms. The van der Waals surface area contributed by atoms with Crippen LogP contribution < -0.4 is 14.5 Å². The minimum Gasteiger partial charge on any atom is -0.497 e. The fourth-order valence-electron chi connectivity index (χ4n) is 7.42. The van der Waals surface area contributed by atoms with Gasteiger partial charge in [-0.1, -0.05) is 50.6 Å². The molecule has 3 amide bonds. The van der Waals surface area contributed by atoms with Gasteiger partial charge < -0.3 is 24.5 Å². The van der Waals surface area contributed by atoms with Gasteiger partial charge in [0.1, 0.15) is 11.8 Å². The molecule has 3 aliphatic heterocycles. The number of nitrogens with zero attached hydrogens (tertiary/aromatic N) is 3. The first-order valence-corrected chi connectivity index (χ1v) is 16.3. The van der Waals surface area contributed by atoms with Crippen molar-refractivity contribution in [3.05, 3.63) is 79.9 Å². The number of fused-ring (bicyclic) bond motifs is 1. The molecule has 0 aromatic heterocycles. The molecule has 3 aliphatic rings. The molecule has 9 heteroatoms. The fraction of sp³-hybridized carbons (Fsp3) is 0.457. The number of carbonyl (C=O) groups is 3. The van der Waals surface area contributed by atoms with Crippen molar-refractivity contribution >= 4 is 40.9 Å². The first kappa shape index (κ1) is 31.9. The molecule has 2 aromatic rings. The summed E-state index contributed by atoms with van der Waals surface area (Å²) in [6.07, 6.45) is 5.47. The van der Waals surface area contributed by atoms with E-state index in [0.717, 1.165) is 18.5 Å². The summed E-state index contributed by atoms with van der Waals surface area (Å²) in [5.41, 5.74) is 1.41. The predicted octanol–water partition coefficient (Wildman–Crippen LogP) is 4.93. The number of thioether (sulfide) groups is 1. The Kier molecular flexibility index (Phi) is 9.56. The Labute approximate surface area is 264 Å². The van der Waals surface area contributed by atoms with E-state index in [1.54, 1.807) is 57.9 Å². The third-order valence-corrected chi connectivity index (χ3v) is 11.7. The van der Waals surface area contributed by atoms with Crippen molar-refractivity contribution in [3.63, 3.8) is 0 Å². The number of methoxy groups -OCH3 is 1. The molecule has 1 N–H and O–H groups in total. The van der Waals surface area contributed by atoms with Gasteiger partial charge in [0.25, 0.3) is 5.91 Å². The van der Waals surface area contributed by atoms with Crippen LogP contribution in [-0.2, 0) is 14.4 Å². The highest BCUT2D eigenvalue weighted by Crippen LogP contribution is 2.67. The second-order valence-corrected chi connectivity index (χ2v) is 13.5. The lowest BCUT2D eigenvalue weighted by atomic mass is 9.70. The number of rotatable bonds is 13. The molecule has 3 saturated heterocycles. The van der Waals surface area contributed by atoms with E-state index in [-0.39, 0.29) is 42.0 Å². The van der Waals surface area contributed by atoms with Gasteiger partial charge >= 0.3 is 0 Å². The van der Waals surface area contributed by atoms with E-state index in [1.807, 2.05) is 56.3 Å². The van der Waals surface area contributed by atoms with Gasteiger partial charge in [-0.15, -0.1) is 24.9 Å². The summed E-state index contributed by atoms with van der Waals surface area (Å²) in [5, 5.41) is 10.6. The summed E-state index contributed by atoms with van der Waals surface area (Å²) in [4.78, 5) is 49.1. The zero-order valence-corrected chi connectivity index (χ0v) is 26.6. The molecule has 7 atom stereocenters. The monoisotopic (exact) mass is 617 g/mol. The van der Waals surface area contributed by atoms with E-state index in [0.29, 0.717) is 24.4 Å². The zero-order valence-electron chi connectivity index (χ0n) is 25.8. The molecular formula is C35H43N3O5S. The van der Waals surface area contributed by atoms with Crippen molar-refractivity contribution < 1.29 is 24.2 Å². The summed E-state index contributed by atoms with van der Waals surface area (Å²) < 4.78 is 4.54. The van der Waals surface area contributed by atoms with Gasteiger partial charge in [-0.2, -0.15) is 0 Å². The van der Waals surface area contributed by atoms with Gasteiger partial charge in [0.15, 0.2) is 0 Å². The third kappa shape index (κ3) is 5.24. The molecule has 2 aromatic carbocycles. The molecule has 8 nitrogen and oxygen atoms in total. The second-order valence-electron chi connectivity index (χ2n) is 11.9. The highest BCUT2D eigenvalue weighted by Gasteiger charge is 2.75. The molecule has 2 bridgehead atoms. The van der Waals surface area contributed by atoms with Crippen molar-refractivity contribution in [1.82, 2.24) is 4.90 Å². The average Bonchev–Trinajstić information content (AvgIpc) is 3.70. The Hall–Kier alpha value is -3.56. The van der Waals surface area contributed by atoms with E-state index < -0.39 is 28.7 Å². The van der Waals surface area contributed by atoms with Crippen LogP contribution in [0.25, 0.3) is 0 Å². The Morgan fingerprint density at radius 2 is 1.68 bits per heavy atom. The van der Waals surface area contributed by atoms with Gasteiger partial charge in [0, 0.05) is 29.7 Å². The number of hydrogen-bond donors (Lipinski definition) is 1. The molecule has 2 unspecified atom stereocenters. The lowest BCUT2D eigenvalue weighted by Crippen LogP contribution is -2.58. The molecule has 3 heterocycles. The van der Waals surface area contributed by atoms with Crippen LogP contribution in [0.15, 0.2) is 79.9 Å². The second kappa shape index (κ2) is 13.2. The Balaban J connectivity index is 1.61. The number of ether oxygens (including phenoxy) is 1. The minimum atomic E-state index is -0.842. The molecule has 5 rings (SSSR count). The lowest BCUT2D eigenvalue weighted by Gasteiger charge is -2.41. The Morgan fingerprint density at radius 3 is 2.25 bits per heavy atom. The smallest absolute Gasteiger partial charge is 0.251 e. The van der Waals surface area contributed by atoms with Crippen LogP contribution in [0.4, 0.5) is 11.4 Å². The van der Waals surface area contributed by atoms with Crippen LogP contribution in [0.5, 0.6) is 5.75 Å². The number of anilines is 2. The first-order chi connectivity index (χ1) is 21.3. The maximum absolute atomic E-state index is 14.9. The number of para-hydroxylation sites is 1. The van der Waals surface area contributed by atoms with Gasteiger partial charge in [0.2, 0.25) is 11.8 Å². The van der Waals surface area contributed by atoms with Crippen molar-refractivity contribution in [2.24, 2.45) is 17.8 Å². The van der Waals surface area contributed by atoms with Crippen LogP contribution in [0.1, 0.15) is 33.1 Å². The summed E-state index contributed by atoms with van der Waals surface area (Å²) in [5.74, 6) is -1.21.